The summed E-state index contributed by atoms with van der Waals surface area (Å²) in [4.78, 5) is 2.24. The second kappa shape index (κ2) is 5.32. The Morgan fingerprint density at radius 2 is 2.20 bits per heavy atom. The number of aryl methyl sites for hydroxylation is 1. The van der Waals surface area contributed by atoms with Crippen molar-refractivity contribution < 1.29 is 9.94 Å². The molecule has 1 atom stereocenters. The molecule has 0 radical (unpaired) electrons. The normalized spacial score (nSPS) is 22.9. The van der Waals surface area contributed by atoms with Crippen LogP contribution in [0.5, 0.6) is 0 Å². The molecule has 1 fully saturated rings. The first-order valence-electron chi connectivity index (χ1n) is 6.84. The average molecular weight is 277 g/mol. The lowest BCUT2D eigenvalue weighted by atomic mass is 10.0. The molecule has 5 nitrogen and oxygen atoms in total. The van der Waals surface area contributed by atoms with E-state index in [1.807, 2.05) is 19.1 Å². The Morgan fingerprint density at radius 1 is 1.50 bits per heavy atom. The molecular formula is C15H23N3O2. The minimum absolute atomic E-state index is 0.136. The van der Waals surface area contributed by atoms with Gasteiger partial charge in [0.1, 0.15) is 0 Å². The largest absolute Gasteiger partial charge is 0.409 e. The van der Waals surface area contributed by atoms with Crippen molar-refractivity contribution in [3.8, 4) is 0 Å². The second-order valence-corrected chi connectivity index (χ2v) is 6.07. The maximum absolute atomic E-state index is 8.95. The number of hydrogen-bond donors (Lipinski definition) is 2. The van der Waals surface area contributed by atoms with E-state index in [1.165, 1.54) is 0 Å². The quantitative estimate of drug-likeness (QED) is 0.376. The summed E-state index contributed by atoms with van der Waals surface area (Å²) in [6.07, 6.45) is 0.138. The van der Waals surface area contributed by atoms with Gasteiger partial charge in [-0.05, 0) is 45.4 Å². The number of nitrogens with zero attached hydrogens (tertiary/aromatic N) is 2. The van der Waals surface area contributed by atoms with Crippen LogP contribution in [0.25, 0.3) is 0 Å². The molecule has 0 saturated carbocycles. The van der Waals surface area contributed by atoms with Crippen LogP contribution < -0.4 is 10.6 Å². The van der Waals surface area contributed by atoms with Gasteiger partial charge >= 0.3 is 0 Å². The SMILES string of the molecule is Cc1ccc(C(N)=NO)c(N2CC(C)OC(C)(C)C2)c1. The molecule has 1 saturated heterocycles. The molecule has 3 N–H and O–H groups in total. The molecule has 1 aliphatic heterocycles. The molecule has 1 aromatic rings. The molecule has 1 heterocycles. The van der Waals surface area contributed by atoms with Crippen molar-refractivity contribution in [1.29, 1.82) is 0 Å². The Morgan fingerprint density at radius 3 is 2.80 bits per heavy atom. The number of morpholine rings is 1. The van der Waals surface area contributed by atoms with E-state index in [1.54, 1.807) is 0 Å². The lowest BCUT2D eigenvalue weighted by molar-refractivity contribution is -0.0749. The topological polar surface area (TPSA) is 71.1 Å². The number of rotatable bonds is 2. The van der Waals surface area contributed by atoms with E-state index in [4.69, 9.17) is 15.7 Å². The summed E-state index contributed by atoms with van der Waals surface area (Å²) in [5, 5.41) is 12.1. The molecule has 0 amide bonds. The standard InChI is InChI=1S/C15H23N3O2/c1-10-5-6-12(14(16)17-19)13(7-10)18-8-11(2)20-15(3,4)9-18/h5-7,11,19H,8-9H2,1-4H3,(H2,16,17). The van der Waals surface area contributed by atoms with Gasteiger partial charge in [0.05, 0.1) is 11.7 Å². The van der Waals surface area contributed by atoms with Crippen LogP contribution in [0.15, 0.2) is 23.4 Å². The third-order valence-corrected chi connectivity index (χ3v) is 3.45. The molecule has 0 aromatic heterocycles. The number of amidine groups is 1. The molecular weight excluding hydrogens is 254 g/mol. The zero-order valence-electron chi connectivity index (χ0n) is 12.6. The maximum atomic E-state index is 8.95. The Labute approximate surface area is 120 Å². The number of ether oxygens (including phenoxy) is 1. The Kier molecular flexibility index (Phi) is 3.90. The summed E-state index contributed by atoms with van der Waals surface area (Å²) in [6, 6.07) is 5.93. The lowest BCUT2D eigenvalue weighted by Gasteiger charge is -2.43. The van der Waals surface area contributed by atoms with E-state index in [2.05, 4.69) is 36.9 Å². The molecule has 0 bridgehead atoms. The summed E-state index contributed by atoms with van der Waals surface area (Å²) < 4.78 is 5.93. The van der Waals surface area contributed by atoms with Crippen LogP contribution in [0.3, 0.4) is 0 Å². The van der Waals surface area contributed by atoms with Crippen LogP contribution in [0.1, 0.15) is 31.9 Å². The lowest BCUT2D eigenvalue weighted by Crippen LogP contribution is -2.52. The smallest absolute Gasteiger partial charge is 0.172 e. The Bertz CT molecular complexity index is 526. The van der Waals surface area contributed by atoms with Gasteiger partial charge in [0.25, 0.3) is 0 Å². The first-order chi connectivity index (χ1) is 9.32. The van der Waals surface area contributed by atoms with Gasteiger partial charge in [0.2, 0.25) is 0 Å². The van der Waals surface area contributed by atoms with Crippen molar-refractivity contribution in [3.63, 3.8) is 0 Å². The van der Waals surface area contributed by atoms with Crippen molar-refractivity contribution >= 4 is 11.5 Å². The molecule has 1 unspecified atom stereocenters. The molecule has 2 rings (SSSR count). The first-order valence-corrected chi connectivity index (χ1v) is 6.84. The Hall–Kier alpha value is -1.75. The Balaban J connectivity index is 2.43. The van der Waals surface area contributed by atoms with Crippen LogP contribution in [0, 0.1) is 6.92 Å². The summed E-state index contributed by atoms with van der Waals surface area (Å²) in [5.41, 5.74) is 8.46. The highest BCUT2D eigenvalue weighted by Gasteiger charge is 2.32. The highest BCUT2D eigenvalue weighted by Crippen LogP contribution is 2.29. The van der Waals surface area contributed by atoms with Crippen LogP contribution >= 0.6 is 0 Å². The van der Waals surface area contributed by atoms with Gasteiger partial charge in [0, 0.05) is 24.3 Å². The van der Waals surface area contributed by atoms with E-state index in [0.29, 0.717) is 0 Å². The van der Waals surface area contributed by atoms with Crippen LogP contribution in [0.2, 0.25) is 0 Å². The van der Waals surface area contributed by atoms with Crippen molar-refractivity contribution in [2.45, 2.75) is 39.4 Å². The fourth-order valence-electron chi connectivity index (χ4n) is 2.81. The number of oxime groups is 1. The molecule has 0 spiro atoms. The molecule has 110 valence electrons. The zero-order valence-corrected chi connectivity index (χ0v) is 12.6. The fourth-order valence-corrected chi connectivity index (χ4v) is 2.81. The van der Waals surface area contributed by atoms with Crippen LogP contribution in [0.4, 0.5) is 5.69 Å². The molecule has 1 aromatic carbocycles. The van der Waals surface area contributed by atoms with Gasteiger partial charge in [-0.2, -0.15) is 0 Å². The average Bonchev–Trinajstić information content (AvgIpc) is 2.35. The van der Waals surface area contributed by atoms with E-state index >= 15 is 0 Å². The van der Waals surface area contributed by atoms with Gasteiger partial charge in [-0.3, -0.25) is 0 Å². The summed E-state index contributed by atoms with van der Waals surface area (Å²) in [5.74, 6) is 0.136. The van der Waals surface area contributed by atoms with Gasteiger partial charge in [-0.25, -0.2) is 0 Å². The summed E-state index contributed by atoms with van der Waals surface area (Å²) >= 11 is 0. The van der Waals surface area contributed by atoms with Crippen molar-refractivity contribution in [2.75, 3.05) is 18.0 Å². The maximum Gasteiger partial charge on any atom is 0.172 e. The first kappa shape index (κ1) is 14.7. The molecule has 20 heavy (non-hydrogen) atoms. The highest BCUT2D eigenvalue weighted by molar-refractivity contribution is 6.02. The molecule has 1 aliphatic rings. The van der Waals surface area contributed by atoms with Crippen molar-refractivity contribution in [2.24, 2.45) is 10.9 Å². The number of hydrogen-bond acceptors (Lipinski definition) is 4. The summed E-state index contributed by atoms with van der Waals surface area (Å²) in [7, 11) is 0. The molecule has 0 aliphatic carbocycles. The van der Waals surface area contributed by atoms with E-state index in [0.717, 1.165) is 29.9 Å². The zero-order chi connectivity index (χ0) is 14.9. The minimum atomic E-state index is -0.218. The predicted octanol–water partition coefficient (Wildman–Crippen LogP) is 2.09. The third kappa shape index (κ3) is 3.04. The van der Waals surface area contributed by atoms with Crippen LogP contribution in [-0.2, 0) is 4.74 Å². The highest BCUT2D eigenvalue weighted by atomic mass is 16.5. The van der Waals surface area contributed by atoms with Crippen molar-refractivity contribution in [1.82, 2.24) is 0 Å². The minimum Gasteiger partial charge on any atom is -0.409 e. The van der Waals surface area contributed by atoms with Gasteiger partial charge < -0.3 is 20.6 Å². The third-order valence-electron chi connectivity index (χ3n) is 3.45. The van der Waals surface area contributed by atoms with E-state index < -0.39 is 0 Å². The summed E-state index contributed by atoms with van der Waals surface area (Å²) in [6.45, 7) is 9.82. The monoisotopic (exact) mass is 277 g/mol. The number of nitrogens with two attached hydrogens (primary N) is 1. The fraction of sp³-hybridized carbons (Fsp3) is 0.533. The van der Waals surface area contributed by atoms with Crippen LogP contribution in [-0.4, -0.2) is 35.8 Å². The van der Waals surface area contributed by atoms with E-state index in [9.17, 15) is 0 Å². The number of benzene rings is 1. The van der Waals surface area contributed by atoms with Gasteiger partial charge in [-0.15, -0.1) is 0 Å². The second-order valence-electron chi connectivity index (χ2n) is 6.07. The van der Waals surface area contributed by atoms with Crippen molar-refractivity contribution in [3.05, 3.63) is 29.3 Å². The van der Waals surface area contributed by atoms with Gasteiger partial charge in [0.15, 0.2) is 5.84 Å². The predicted molar refractivity (Wildman–Crippen MR) is 80.5 cm³/mol. The molecule has 5 heteroatoms. The van der Waals surface area contributed by atoms with E-state index in [-0.39, 0.29) is 17.5 Å². The van der Waals surface area contributed by atoms with Gasteiger partial charge in [-0.1, -0.05) is 11.2 Å². The number of anilines is 1.